The van der Waals surface area contributed by atoms with Crippen LogP contribution in [0.15, 0.2) is 18.2 Å². The highest BCUT2D eigenvalue weighted by atomic mass is 32.1. The van der Waals surface area contributed by atoms with E-state index in [1.165, 1.54) is 0 Å². The number of hydrogen-bond donors (Lipinski definition) is 3. The smallest absolute Gasteiger partial charge is 0.167 e. The SMILES string of the molecule is CC1Nc2cc(C(=S)NN)ccc2O1. The Morgan fingerprint density at radius 3 is 3.14 bits per heavy atom. The molecule has 0 radical (unpaired) electrons. The summed E-state index contributed by atoms with van der Waals surface area (Å²) in [7, 11) is 0. The van der Waals surface area contributed by atoms with E-state index in [0.29, 0.717) is 4.99 Å². The van der Waals surface area contributed by atoms with Crippen LogP contribution in [0.25, 0.3) is 0 Å². The van der Waals surface area contributed by atoms with Crippen molar-refractivity contribution in [3.63, 3.8) is 0 Å². The maximum absolute atomic E-state index is 5.47. The Morgan fingerprint density at radius 2 is 2.43 bits per heavy atom. The number of anilines is 1. The van der Waals surface area contributed by atoms with E-state index in [-0.39, 0.29) is 6.23 Å². The van der Waals surface area contributed by atoms with Crippen molar-refractivity contribution in [2.24, 2.45) is 5.84 Å². The van der Waals surface area contributed by atoms with Crippen LogP contribution in [0.5, 0.6) is 5.75 Å². The number of thiocarbonyl (C=S) groups is 1. The van der Waals surface area contributed by atoms with Crippen molar-refractivity contribution in [1.82, 2.24) is 5.43 Å². The van der Waals surface area contributed by atoms with Gasteiger partial charge in [-0.25, -0.2) is 5.84 Å². The summed E-state index contributed by atoms with van der Waals surface area (Å²) in [6.07, 6.45) is 0.0136. The van der Waals surface area contributed by atoms with Crippen LogP contribution in [0.2, 0.25) is 0 Å². The average Bonchev–Trinajstić information content (AvgIpc) is 2.55. The van der Waals surface area contributed by atoms with Crippen LogP contribution >= 0.6 is 12.2 Å². The van der Waals surface area contributed by atoms with Crippen molar-refractivity contribution in [2.75, 3.05) is 5.32 Å². The molecule has 0 saturated carbocycles. The Morgan fingerprint density at radius 1 is 1.64 bits per heavy atom. The Balaban J connectivity index is 2.33. The lowest BCUT2D eigenvalue weighted by atomic mass is 10.2. The summed E-state index contributed by atoms with van der Waals surface area (Å²) >= 11 is 5.02. The number of ether oxygens (including phenoxy) is 1. The lowest BCUT2D eigenvalue weighted by Gasteiger charge is -2.03. The third-order valence-corrected chi connectivity index (χ3v) is 2.39. The van der Waals surface area contributed by atoms with E-state index in [1.807, 2.05) is 25.1 Å². The molecule has 14 heavy (non-hydrogen) atoms. The van der Waals surface area contributed by atoms with Gasteiger partial charge < -0.3 is 15.5 Å². The number of nitrogens with one attached hydrogen (secondary N) is 2. The molecule has 4 N–H and O–H groups in total. The van der Waals surface area contributed by atoms with Crippen molar-refractivity contribution in [3.8, 4) is 5.75 Å². The Kier molecular flexibility index (Phi) is 2.26. The Labute approximate surface area is 87.4 Å². The van der Waals surface area contributed by atoms with E-state index in [9.17, 15) is 0 Å². The van der Waals surface area contributed by atoms with Gasteiger partial charge in [-0.15, -0.1) is 0 Å². The number of hydrazine groups is 1. The maximum atomic E-state index is 5.47. The number of benzene rings is 1. The molecule has 1 atom stereocenters. The molecule has 0 aromatic heterocycles. The first-order valence-corrected chi connectivity index (χ1v) is 4.69. The molecule has 1 heterocycles. The van der Waals surface area contributed by atoms with Crippen LogP contribution < -0.4 is 21.3 Å². The fourth-order valence-electron chi connectivity index (χ4n) is 1.41. The van der Waals surface area contributed by atoms with Gasteiger partial charge in [-0.2, -0.15) is 0 Å². The van der Waals surface area contributed by atoms with Gasteiger partial charge in [-0.1, -0.05) is 12.2 Å². The summed E-state index contributed by atoms with van der Waals surface area (Å²) in [5.74, 6) is 6.08. The fraction of sp³-hybridized carbons (Fsp3) is 0.222. The van der Waals surface area contributed by atoms with E-state index in [1.54, 1.807) is 0 Å². The second-order valence-corrected chi connectivity index (χ2v) is 3.50. The number of hydrogen-bond acceptors (Lipinski definition) is 4. The largest absolute Gasteiger partial charge is 0.469 e. The van der Waals surface area contributed by atoms with Crippen LogP contribution in [0, 0.1) is 0 Å². The zero-order valence-electron chi connectivity index (χ0n) is 7.70. The standard InChI is InChI=1S/C9H11N3OS/c1-5-11-7-4-6(9(14)12-10)2-3-8(7)13-5/h2-5,11H,10H2,1H3,(H,12,14). The molecule has 1 aromatic carbocycles. The van der Waals surface area contributed by atoms with Gasteiger partial charge in [0.25, 0.3) is 0 Å². The first-order valence-electron chi connectivity index (χ1n) is 4.29. The minimum atomic E-state index is 0.0136. The zero-order chi connectivity index (χ0) is 10.1. The molecule has 1 aromatic rings. The zero-order valence-corrected chi connectivity index (χ0v) is 8.52. The van der Waals surface area contributed by atoms with Gasteiger partial charge in [-0.05, 0) is 25.1 Å². The third-order valence-electron chi connectivity index (χ3n) is 2.04. The average molecular weight is 209 g/mol. The summed E-state index contributed by atoms with van der Waals surface area (Å²) in [4.78, 5) is 0.522. The molecule has 4 nitrogen and oxygen atoms in total. The van der Waals surface area contributed by atoms with Crippen LogP contribution in [-0.4, -0.2) is 11.2 Å². The molecule has 2 rings (SSSR count). The van der Waals surface area contributed by atoms with Crippen molar-refractivity contribution >= 4 is 22.9 Å². The van der Waals surface area contributed by atoms with Crippen LogP contribution in [-0.2, 0) is 0 Å². The molecule has 1 aliphatic rings. The molecular formula is C9H11N3OS. The molecule has 0 amide bonds. The van der Waals surface area contributed by atoms with Crippen molar-refractivity contribution in [1.29, 1.82) is 0 Å². The van der Waals surface area contributed by atoms with E-state index in [4.69, 9.17) is 22.8 Å². The normalized spacial score (nSPS) is 18.0. The summed E-state index contributed by atoms with van der Waals surface area (Å²) in [5.41, 5.74) is 4.28. The molecule has 1 aliphatic heterocycles. The minimum Gasteiger partial charge on any atom is -0.469 e. The van der Waals surface area contributed by atoms with Gasteiger partial charge in [0.2, 0.25) is 0 Å². The van der Waals surface area contributed by atoms with Gasteiger partial charge in [-0.3, -0.25) is 0 Å². The lowest BCUT2D eigenvalue weighted by Crippen LogP contribution is -2.28. The van der Waals surface area contributed by atoms with E-state index >= 15 is 0 Å². The summed E-state index contributed by atoms with van der Waals surface area (Å²) in [6, 6.07) is 5.67. The van der Waals surface area contributed by atoms with Gasteiger partial charge in [0, 0.05) is 5.56 Å². The quantitative estimate of drug-likeness (QED) is 0.365. The Bertz CT molecular complexity index is 380. The van der Waals surface area contributed by atoms with Gasteiger partial charge >= 0.3 is 0 Å². The highest BCUT2D eigenvalue weighted by Crippen LogP contribution is 2.32. The molecule has 0 spiro atoms. The second kappa shape index (κ2) is 3.43. The van der Waals surface area contributed by atoms with E-state index in [2.05, 4.69) is 10.7 Å². The van der Waals surface area contributed by atoms with E-state index < -0.39 is 0 Å². The molecule has 1 unspecified atom stereocenters. The molecule has 0 aliphatic carbocycles. The Hall–Kier alpha value is -1.33. The van der Waals surface area contributed by atoms with Gasteiger partial charge in [0.05, 0.1) is 5.69 Å². The van der Waals surface area contributed by atoms with Crippen LogP contribution in [0.3, 0.4) is 0 Å². The molecule has 0 bridgehead atoms. The third kappa shape index (κ3) is 1.51. The predicted molar refractivity (Wildman–Crippen MR) is 59.2 cm³/mol. The van der Waals surface area contributed by atoms with Crippen LogP contribution in [0.4, 0.5) is 5.69 Å². The molecule has 74 valence electrons. The monoisotopic (exact) mass is 209 g/mol. The predicted octanol–water partition coefficient (Wildman–Crippen LogP) is 0.976. The highest BCUT2D eigenvalue weighted by Gasteiger charge is 2.17. The summed E-state index contributed by atoms with van der Waals surface area (Å²) in [6.45, 7) is 1.94. The molecule has 5 heteroatoms. The molecular weight excluding hydrogens is 198 g/mol. The maximum Gasteiger partial charge on any atom is 0.167 e. The first kappa shape index (κ1) is 9.23. The van der Waals surface area contributed by atoms with Gasteiger partial charge in [0.15, 0.2) is 6.23 Å². The van der Waals surface area contributed by atoms with Crippen molar-refractivity contribution < 1.29 is 4.74 Å². The number of fused-ring (bicyclic) bond motifs is 1. The van der Waals surface area contributed by atoms with Crippen molar-refractivity contribution in [2.45, 2.75) is 13.2 Å². The van der Waals surface area contributed by atoms with Crippen LogP contribution in [0.1, 0.15) is 12.5 Å². The number of nitrogens with two attached hydrogens (primary N) is 1. The minimum absolute atomic E-state index is 0.0136. The molecule has 0 saturated heterocycles. The summed E-state index contributed by atoms with van der Waals surface area (Å²) in [5, 5.41) is 3.17. The number of rotatable bonds is 1. The highest BCUT2D eigenvalue weighted by molar-refractivity contribution is 7.80. The second-order valence-electron chi connectivity index (χ2n) is 3.09. The van der Waals surface area contributed by atoms with Gasteiger partial charge in [0.1, 0.15) is 10.7 Å². The fourth-order valence-corrected chi connectivity index (χ4v) is 1.54. The summed E-state index contributed by atoms with van der Waals surface area (Å²) < 4.78 is 5.47. The lowest BCUT2D eigenvalue weighted by molar-refractivity contribution is 0.275. The van der Waals surface area contributed by atoms with Crippen molar-refractivity contribution in [3.05, 3.63) is 23.8 Å². The van der Waals surface area contributed by atoms with E-state index in [0.717, 1.165) is 17.0 Å². The first-order chi connectivity index (χ1) is 6.70. The molecule has 0 fully saturated rings. The topological polar surface area (TPSA) is 59.3 Å².